The van der Waals surface area contributed by atoms with E-state index in [1.54, 1.807) is 24.3 Å². The summed E-state index contributed by atoms with van der Waals surface area (Å²) in [5.74, 6) is -0.161. The molecule has 15 heavy (non-hydrogen) atoms. The number of rotatable bonds is 2. The first-order valence-electron chi connectivity index (χ1n) is 4.91. The lowest BCUT2D eigenvalue weighted by atomic mass is 10.1. The van der Waals surface area contributed by atoms with Gasteiger partial charge in [-0.3, -0.25) is 0 Å². The number of thiazole rings is 1. The minimum Gasteiger partial charge on any atom is -0.241 e. The van der Waals surface area contributed by atoms with Crippen molar-refractivity contribution in [2.45, 2.75) is 20.3 Å². The molecule has 0 aliphatic rings. The van der Waals surface area contributed by atoms with Crippen molar-refractivity contribution in [3.8, 4) is 10.6 Å². The second-order valence-electron chi connectivity index (χ2n) is 3.46. The molecule has 0 saturated heterocycles. The third-order valence-corrected chi connectivity index (χ3v) is 3.26. The minimum absolute atomic E-state index is 0.161. The molecule has 3 heteroatoms. The summed E-state index contributed by atoms with van der Waals surface area (Å²) in [6.45, 7) is 3.85. The zero-order chi connectivity index (χ0) is 10.8. The number of hydrogen-bond donors (Lipinski definition) is 0. The van der Waals surface area contributed by atoms with Gasteiger partial charge in [0.25, 0.3) is 0 Å². The van der Waals surface area contributed by atoms with Gasteiger partial charge in [-0.2, -0.15) is 0 Å². The maximum atomic E-state index is 13.1. The van der Waals surface area contributed by atoms with Crippen molar-refractivity contribution in [1.29, 1.82) is 0 Å². The van der Waals surface area contributed by atoms with Gasteiger partial charge in [0.2, 0.25) is 0 Å². The third-order valence-electron chi connectivity index (χ3n) is 2.32. The predicted octanol–water partition coefficient (Wildman–Crippen LogP) is 3.82. The van der Waals surface area contributed by atoms with Crippen molar-refractivity contribution in [3.63, 3.8) is 0 Å². The van der Waals surface area contributed by atoms with E-state index < -0.39 is 0 Å². The molecule has 0 radical (unpaired) electrons. The van der Waals surface area contributed by atoms with Crippen LogP contribution in [0.2, 0.25) is 0 Å². The molecular weight excluding hydrogens is 209 g/mol. The van der Waals surface area contributed by atoms with E-state index in [0.29, 0.717) is 5.56 Å². The van der Waals surface area contributed by atoms with Crippen LogP contribution in [-0.4, -0.2) is 4.98 Å². The van der Waals surface area contributed by atoms with Gasteiger partial charge in [-0.1, -0.05) is 6.92 Å². The number of halogens is 1. The minimum atomic E-state index is -0.161. The predicted molar refractivity (Wildman–Crippen MR) is 61.6 cm³/mol. The van der Waals surface area contributed by atoms with Crippen molar-refractivity contribution in [1.82, 2.24) is 4.98 Å². The van der Waals surface area contributed by atoms with Crippen molar-refractivity contribution in [3.05, 3.63) is 40.7 Å². The summed E-state index contributed by atoms with van der Waals surface area (Å²) in [6.07, 6.45) is 0.941. The fourth-order valence-corrected chi connectivity index (χ4v) is 2.28. The molecule has 0 fully saturated rings. The van der Waals surface area contributed by atoms with E-state index in [1.807, 2.05) is 11.4 Å². The monoisotopic (exact) mass is 221 g/mol. The lowest BCUT2D eigenvalue weighted by molar-refractivity contribution is 0.619. The highest BCUT2D eigenvalue weighted by molar-refractivity contribution is 7.13. The largest absolute Gasteiger partial charge is 0.241 e. The van der Waals surface area contributed by atoms with Crippen LogP contribution in [-0.2, 0) is 6.42 Å². The molecule has 1 nitrogen and oxygen atoms in total. The van der Waals surface area contributed by atoms with Crippen LogP contribution in [0.1, 0.15) is 18.2 Å². The van der Waals surface area contributed by atoms with Crippen LogP contribution in [0.3, 0.4) is 0 Å². The molecule has 2 rings (SSSR count). The summed E-state index contributed by atoms with van der Waals surface area (Å²) in [4.78, 5) is 4.47. The summed E-state index contributed by atoms with van der Waals surface area (Å²) >= 11 is 1.61. The molecule has 0 unspecified atom stereocenters. The smallest absolute Gasteiger partial charge is 0.126 e. The highest BCUT2D eigenvalue weighted by Crippen LogP contribution is 2.25. The van der Waals surface area contributed by atoms with Crippen LogP contribution in [0.15, 0.2) is 23.6 Å². The maximum absolute atomic E-state index is 13.1. The molecule has 1 aromatic heterocycles. The number of aryl methyl sites for hydroxylation is 2. The van der Waals surface area contributed by atoms with E-state index in [1.165, 1.54) is 6.07 Å². The SMILES string of the molecule is CCc1csc(-c2ccc(F)c(C)c2)n1. The zero-order valence-electron chi connectivity index (χ0n) is 8.75. The molecular formula is C12H12FNS. The number of nitrogens with zero attached hydrogens (tertiary/aromatic N) is 1. The topological polar surface area (TPSA) is 12.9 Å². The molecule has 1 aromatic carbocycles. The molecule has 1 heterocycles. The Morgan fingerprint density at radius 1 is 1.40 bits per heavy atom. The van der Waals surface area contributed by atoms with Crippen molar-refractivity contribution < 1.29 is 4.39 Å². The average molecular weight is 221 g/mol. The molecule has 0 bridgehead atoms. The van der Waals surface area contributed by atoms with E-state index in [-0.39, 0.29) is 5.82 Å². The highest BCUT2D eigenvalue weighted by Gasteiger charge is 2.05. The van der Waals surface area contributed by atoms with Gasteiger partial charge >= 0.3 is 0 Å². The van der Waals surface area contributed by atoms with Gasteiger partial charge in [0.1, 0.15) is 10.8 Å². The summed E-state index contributed by atoms with van der Waals surface area (Å²) in [6, 6.07) is 5.12. The third kappa shape index (κ3) is 2.07. The van der Waals surface area contributed by atoms with Crippen LogP contribution in [0.5, 0.6) is 0 Å². The Morgan fingerprint density at radius 2 is 2.20 bits per heavy atom. The Hall–Kier alpha value is -1.22. The van der Waals surface area contributed by atoms with E-state index in [0.717, 1.165) is 22.7 Å². The maximum Gasteiger partial charge on any atom is 0.126 e. The molecule has 78 valence electrons. The number of aromatic nitrogens is 1. The van der Waals surface area contributed by atoms with Crippen molar-refractivity contribution >= 4 is 11.3 Å². The van der Waals surface area contributed by atoms with Gasteiger partial charge in [-0.25, -0.2) is 9.37 Å². The standard InChI is InChI=1S/C12H12FNS/c1-3-10-7-15-12(14-10)9-4-5-11(13)8(2)6-9/h4-7H,3H2,1-2H3. The van der Waals surface area contributed by atoms with Gasteiger partial charge in [-0.05, 0) is 37.1 Å². The van der Waals surface area contributed by atoms with Gasteiger partial charge in [0.05, 0.1) is 5.69 Å². The first kappa shape index (κ1) is 10.3. The fourth-order valence-electron chi connectivity index (χ4n) is 1.38. The molecule has 0 spiro atoms. The first-order valence-corrected chi connectivity index (χ1v) is 5.79. The second kappa shape index (κ2) is 4.11. The molecule has 0 saturated carbocycles. The molecule has 0 atom stereocenters. The lowest BCUT2D eigenvalue weighted by Gasteiger charge is -1.99. The number of benzene rings is 1. The van der Waals surface area contributed by atoms with Crippen molar-refractivity contribution in [2.24, 2.45) is 0 Å². The molecule has 0 amide bonds. The number of hydrogen-bond acceptors (Lipinski definition) is 2. The quantitative estimate of drug-likeness (QED) is 0.751. The van der Waals surface area contributed by atoms with Gasteiger partial charge < -0.3 is 0 Å². The summed E-state index contributed by atoms with van der Waals surface area (Å²) < 4.78 is 13.1. The van der Waals surface area contributed by atoms with Crippen molar-refractivity contribution in [2.75, 3.05) is 0 Å². The normalized spacial score (nSPS) is 10.6. The van der Waals surface area contributed by atoms with E-state index in [2.05, 4.69) is 11.9 Å². The van der Waals surface area contributed by atoms with Gasteiger partial charge in [-0.15, -0.1) is 11.3 Å². The van der Waals surface area contributed by atoms with E-state index >= 15 is 0 Å². The molecule has 0 N–H and O–H groups in total. The fraction of sp³-hybridized carbons (Fsp3) is 0.250. The molecule has 2 aromatic rings. The molecule has 0 aliphatic heterocycles. The second-order valence-corrected chi connectivity index (χ2v) is 4.32. The van der Waals surface area contributed by atoms with Crippen LogP contribution in [0, 0.1) is 12.7 Å². The molecule has 0 aliphatic carbocycles. The summed E-state index contributed by atoms with van der Waals surface area (Å²) in [7, 11) is 0. The first-order chi connectivity index (χ1) is 7.20. The van der Waals surface area contributed by atoms with Crippen LogP contribution < -0.4 is 0 Å². The van der Waals surface area contributed by atoms with Gasteiger partial charge in [0.15, 0.2) is 0 Å². The Kier molecular flexibility index (Phi) is 2.82. The van der Waals surface area contributed by atoms with E-state index in [9.17, 15) is 4.39 Å². The Balaban J connectivity index is 2.40. The Morgan fingerprint density at radius 3 is 2.80 bits per heavy atom. The highest BCUT2D eigenvalue weighted by atomic mass is 32.1. The lowest BCUT2D eigenvalue weighted by Crippen LogP contribution is -1.84. The van der Waals surface area contributed by atoms with E-state index in [4.69, 9.17) is 0 Å². The van der Waals surface area contributed by atoms with Crippen LogP contribution >= 0.6 is 11.3 Å². The summed E-state index contributed by atoms with van der Waals surface area (Å²) in [5, 5.41) is 3.02. The Bertz CT molecular complexity index is 476. The summed E-state index contributed by atoms with van der Waals surface area (Å²) in [5.41, 5.74) is 2.76. The Labute approximate surface area is 92.6 Å². The van der Waals surface area contributed by atoms with Crippen LogP contribution in [0.4, 0.5) is 4.39 Å². The average Bonchev–Trinajstić information content (AvgIpc) is 2.70. The zero-order valence-corrected chi connectivity index (χ0v) is 9.57. The van der Waals surface area contributed by atoms with Crippen LogP contribution in [0.25, 0.3) is 10.6 Å². The van der Waals surface area contributed by atoms with Gasteiger partial charge in [0, 0.05) is 10.9 Å².